The number of methoxy groups -OCH3 is 2. The zero-order chi connectivity index (χ0) is 63.0. The minimum Gasteiger partial charge on any atom is -0.479 e. The van der Waals surface area contributed by atoms with Crippen LogP contribution in [0.25, 0.3) is 0 Å². The average molecular weight is 1190 g/mol. The Labute approximate surface area is 485 Å². The Hall–Kier alpha value is -4.39. The molecule has 0 aromatic rings. The summed E-state index contributed by atoms with van der Waals surface area (Å²) in [5, 5.41) is 67.1. The van der Waals surface area contributed by atoms with Crippen molar-refractivity contribution < 1.29 is 121 Å². The van der Waals surface area contributed by atoms with Gasteiger partial charge in [-0.2, -0.15) is 0 Å². The summed E-state index contributed by atoms with van der Waals surface area (Å²) in [6, 6.07) is -0.809. The van der Waals surface area contributed by atoms with E-state index in [0.717, 1.165) is 0 Å². The SMILES string of the molecule is CC[C@H]1OC(=O)C[C@@H](OC(C)=O)C(C)[C@@H](O[C@@H]2O[C@H](C)[C@@H](O[C@H]3C[C@@](C)(O)[C@@H](OC(=O)CC(C)C)[C@H](C)O3)[C@H](N(C)C)[C@H]2O)[C@@H](CC=O)C[C@@H](C)C(=O)/C=C/C(C)=C/[C@@H]1CO[C@@H]1O[C@H](C)[C@@H](O)[C@@H](OC)[C@H]1OC.O=C(O)[C@H](O)[C@@H](O)C(=O)O. The van der Waals surface area contributed by atoms with Crippen LogP contribution in [0.4, 0.5) is 0 Å². The van der Waals surface area contributed by atoms with Gasteiger partial charge in [0.15, 0.2) is 43.0 Å². The second-order valence-electron chi connectivity index (χ2n) is 23.0. The third kappa shape index (κ3) is 20.9. The number of esters is 3. The molecule has 0 radical (unpaired) electrons. The number of allylic oxidation sites excluding steroid dienone is 3. The van der Waals surface area contributed by atoms with Crippen LogP contribution in [-0.2, 0) is 85.7 Å². The monoisotopic (exact) mass is 1190 g/mol. The molecule has 0 aromatic heterocycles. The number of aliphatic carboxylic acids is 2. The largest absolute Gasteiger partial charge is 0.479 e. The van der Waals surface area contributed by atoms with Gasteiger partial charge in [0.1, 0.15) is 54.6 Å². The highest BCUT2D eigenvalue weighted by molar-refractivity contribution is 5.91. The number of carboxylic acid groups (broad SMARTS) is 2. The van der Waals surface area contributed by atoms with Crippen LogP contribution in [0.2, 0.25) is 0 Å². The number of ketones is 1. The molecule has 4 heterocycles. The predicted octanol–water partition coefficient (Wildman–Crippen LogP) is 1.88. The van der Waals surface area contributed by atoms with E-state index in [1.807, 2.05) is 26.8 Å². The predicted molar refractivity (Wildman–Crippen MR) is 290 cm³/mol. The number of carbonyl (C=O) groups is 7. The molecule has 476 valence electrons. The van der Waals surface area contributed by atoms with Gasteiger partial charge in [-0.15, -0.1) is 0 Å². The number of cyclic esters (lactones) is 1. The zero-order valence-electron chi connectivity index (χ0n) is 50.5. The van der Waals surface area contributed by atoms with Gasteiger partial charge in [-0.05, 0) is 79.5 Å². The molecule has 23 atom stereocenters. The molecule has 26 heteroatoms. The Balaban J connectivity index is 0.00000164. The maximum Gasteiger partial charge on any atom is 0.335 e. The van der Waals surface area contributed by atoms with Crippen LogP contribution >= 0.6 is 0 Å². The molecule has 0 saturated carbocycles. The van der Waals surface area contributed by atoms with Gasteiger partial charge in [0.25, 0.3) is 0 Å². The highest BCUT2D eigenvalue weighted by Gasteiger charge is 2.53. The standard InChI is InChI=1S/C53H87NO19.C4H6O6/c1-16-38-36(26-65-52-49(64-15)48(63-14)44(60)31(7)67-52)22-28(4)17-18-37(57)29(5)23-35(19-20-55)46(30(6)39(69-34(10)56)24-41(59)70-38)73-51-45(61)43(54(12)13)47(32(8)68-51)72-42-25-53(11,62)50(33(9)66-42)71-40(58)21-27(2)3;5-1(3(7)8)2(6)4(9)10/h17-18,20,22,27,29-33,35-36,38-39,42-52,60-62H,16,19,21,23-26H2,1-15H3;1-2,5-6H,(H,7,8)(H,9,10)/b18-17+,28-22+;/t29-,30?,31-,32-,33+,35+,36-,38-,39-,42+,43-,44-,45-,46-,47-,48-,49-,50+,51+,52-,53-;1-,2-/m11/s1. The quantitative estimate of drug-likeness (QED) is 0.0520. The number of carbonyl (C=O) groups excluding carboxylic acids is 5. The highest BCUT2D eigenvalue weighted by atomic mass is 16.7. The number of likely N-dealkylation sites (N-methyl/N-ethyl adjacent to an activating group) is 1. The van der Waals surface area contributed by atoms with E-state index >= 15 is 0 Å². The first kappa shape index (κ1) is 72.9. The van der Waals surface area contributed by atoms with Gasteiger partial charge in [-0.3, -0.25) is 19.2 Å². The third-order valence-electron chi connectivity index (χ3n) is 15.3. The molecular formula is C57H93NO25. The Kier molecular flexibility index (Phi) is 29.4. The minimum atomic E-state index is -2.27. The van der Waals surface area contributed by atoms with Crippen molar-refractivity contribution in [3.63, 3.8) is 0 Å². The molecule has 83 heavy (non-hydrogen) atoms. The molecule has 4 aliphatic rings. The van der Waals surface area contributed by atoms with Crippen molar-refractivity contribution in [2.45, 2.75) is 231 Å². The Morgan fingerprint density at radius 3 is 1.95 bits per heavy atom. The number of hydrogen-bond acceptors (Lipinski definition) is 24. The van der Waals surface area contributed by atoms with Gasteiger partial charge in [0.05, 0.1) is 43.5 Å². The number of aldehydes is 1. The normalized spacial score (nSPS) is 38.5. The number of ether oxygens (including phenoxy) is 11. The number of carboxylic acids is 2. The maximum absolute atomic E-state index is 14.2. The number of aliphatic hydroxyl groups is 5. The van der Waals surface area contributed by atoms with Gasteiger partial charge in [-0.25, -0.2) is 9.59 Å². The minimum absolute atomic E-state index is 0.0378. The van der Waals surface area contributed by atoms with Gasteiger partial charge in [-0.1, -0.05) is 52.3 Å². The van der Waals surface area contributed by atoms with Gasteiger partial charge < -0.3 is 97.5 Å². The molecule has 1 unspecified atom stereocenters. The topological polar surface area (TPSA) is 366 Å². The fourth-order valence-electron chi connectivity index (χ4n) is 10.9. The lowest BCUT2D eigenvalue weighted by molar-refractivity contribution is -0.342. The summed E-state index contributed by atoms with van der Waals surface area (Å²) in [7, 11) is 6.41. The lowest BCUT2D eigenvalue weighted by Crippen LogP contribution is -2.65. The Bertz CT molecular complexity index is 2150. The van der Waals surface area contributed by atoms with Crippen LogP contribution in [0.15, 0.2) is 23.8 Å². The van der Waals surface area contributed by atoms with E-state index in [0.29, 0.717) is 18.3 Å². The summed E-state index contributed by atoms with van der Waals surface area (Å²) in [6.45, 7) is 18.7. The first-order valence-electron chi connectivity index (χ1n) is 28.1. The fourth-order valence-corrected chi connectivity index (χ4v) is 10.9. The average Bonchev–Trinajstić information content (AvgIpc) is 3.61. The van der Waals surface area contributed by atoms with Crippen molar-refractivity contribution in [1.82, 2.24) is 4.90 Å². The van der Waals surface area contributed by atoms with Crippen molar-refractivity contribution >= 4 is 41.9 Å². The molecule has 3 fully saturated rings. The molecule has 4 rings (SSSR count). The summed E-state index contributed by atoms with van der Waals surface area (Å²) in [6.07, 6.45) is -13.2. The van der Waals surface area contributed by atoms with E-state index in [1.54, 1.807) is 73.5 Å². The van der Waals surface area contributed by atoms with E-state index in [9.17, 15) is 48.9 Å². The molecular weight excluding hydrogens is 1100 g/mol. The van der Waals surface area contributed by atoms with Crippen molar-refractivity contribution in [2.75, 3.05) is 34.9 Å². The molecule has 0 amide bonds. The van der Waals surface area contributed by atoms with E-state index in [-0.39, 0.29) is 44.0 Å². The third-order valence-corrected chi connectivity index (χ3v) is 15.3. The summed E-state index contributed by atoms with van der Waals surface area (Å²) in [5.41, 5.74) is -0.865. The van der Waals surface area contributed by atoms with Gasteiger partial charge in [0, 0.05) is 58.2 Å². The van der Waals surface area contributed by atoms with E-state index < -0.39 is 176 Å². The summed E-state index contributed by atoms with van der Waals surface area (Å²) >= 11 is 0. The maximum atomic E-state index is 14.2. The van der Waals surface area contributed by atoms with E-state index in [1.165, 1.54) is 27.2 Å². The van der Waals surface area contributed by atoms with Crippen LogP contribution in [0.3, 0.4) is 0 Å². The number of hydrogen-bond donors (Lipinski definition) is 7. The molecule has 26 nitrogen and oxygen atoms in total. The van der Waals surface area contributed by atoms with Crippen molar-refractivity contribution in [3.8, 4) is 0 Å². The Morgan fingerprint density at radius 2 is 1.43 bits per heavy atom. The second-order valence-corrected chi connectivity index (χ2v) is 23.0. The zero-order valence-corrected chi connectivity index (χ0v) is 50.5. The summed E-state index contributed by atoms with van der Waals surface area (Å²) in [4.78, 5) is 87.4. The first-order chi connectivity index (χ1) is 38.7. The van der Waals surface area contributed by atoms with Crippen LogP contribution in [0.1, 0.15) is 115 Å². The smallest absolute Gasteiger partial charge is 0.335 e. The molecule has 7 N–H and O–H groups in total. The van der Waals surface area contributed by atoms with E-state index in [4.69, 9.17) is 72.5 Å². The van der Waals surface area contributed by atoms with Gasteiger partial charge >= 0.3 is 29.8 Å². The number of nitrogens with zero attached hydrogens (tertiary/aromatic N) is 1. The van der Waals surface area contributed by atoms with Crippen LogP contribution < -0.4 is 0 Å². The van der Waals surface area contributed by atoms with Crippen LogP contribution in [-0.4, -0.2) is 233 Å². The van der Waals surface area contributed by atoms with Crippen LogP contribution in [0, 0.1) is 29.6 Å². The Morgan fingerprint density at radius 1 is 0.831 bits per heavy atom. The van der Waals surface area contributed by atoms with Gasteiger partial charge in [0.2, 0.25) is 0 Å². The molecule has 0 bridgehead atoms. The van der Waals surface area contributed by atoms with Crippen molar-refractivity contribution in [2.24, 2.45) is 29.6 Å². The molecule has 4 aliphatic heterocycles. The van der Waals surface area contributed by atoms with Crippen molar-refractivity contribution in [1.29, 1.82) is 0 Å². The van der Waals surface area contributed by atoms with Crippen molar-refractivity contribution in [3.05, 3.63) is 23.8 Å². The summed E-state index contributed by atoms with van der Waals surface area (Å²) < 4.78 is 67.2. The fraction of sp³-hybridized carbons (Fsp3) is 0.807. The lowest BCUT2D eigenvalue weighted by Gasteiger charge is -2.50. The highest BCUT2D eigenvalue weighted by Crippen LogP contribution is 2.39. The number of rotatable bonds is 20. The lowest BCUT2D eigenvalue weighted by atomic mass is 9.79. The first-order valence-corrected chi connectivity index (χ1v) is 28.1. The molecule has 0 aliphatic carbocycles. The van der Waals surface area contributed by atoms with Crippen LogP contribution in [0.5, 0.6) is 0 Å². The summed E-state index contributed by atoms with van der Waals surface area (Å²) in [5.74, 6) is -8.41. The number of aliphatic hydroxyl groups excluding tert-OH is 4. The van der Waals surface area contributed by atoms with E-state index in [2.05, 4.69) is 0 Å². The molecule has 0 spiro atoms. The second kappa shape index (κ2) is 33.5. The molecule has 0 aromatic carbocycles. The molecule has 3 saturated heterocycles.